The van der Waals surface area contributed by atoms with Crippen molar-refractivity contribution in [3.8, 4) is 0 Å². The fourth-order valence-corrected chi connectivity index (χ4v) is 2.77. The summed E-state index contributed by atoms with van der Waals surface area (Å²) in [4.78, 5) is 17.0. The molecule has 1 aliphatic heterocycles. The van der Waals surface area contributed by atoms with Crippen molar-refractivity contribution < 1.29 is 9.79 Å². The van der Waals surface area contributed by atoms with Crippen LogP contribution in [-0.2, 0) is 4.79 Å². The minimum atomic E-state index is 0.181. The molecule has 1 saturated carbocycles. The Kier molecular flexibility index (Phi) is 3.00. The summed E-state index contributed by atoms with van der Waals surface area (Å²) in [6, 6.07) is 10.3. The zero-order chi connectivity index (χ0) is 12.4. The highest BCUT2D eigenvalue weighted by molar-refractivity contribution is 6.04. The number of rotatable bonds is 2. The predicted molar refractivity (Wildman–Crippen MR) is 70.0 cm³/mol. The van der Waals surface area contributed by atoms with E-state index in [2.05, 4.69) is 10.3 Å². The maximum atomic E-state index is 12.0. The quantitative estimate of drug-likeness (QED) is 0.787. The summed E-state index contributed by atoms with van der Waals surface area (Å²) in [6.07, 6.45) is 4.70. The molecule has 3 rings (SSSR count). The number of carbonyl (C=O) groups is 1. The Morgan fingerprint density at radius 3 is 2.61 bits per heavy atom. The topological polar surface area (TPSA) is 46.3 Å². The molecule has 1 fully saturated rings. The molecule has 4 nitrogen and oxygen atoms in total. The fourth-order valence-electron chi connectivity index (χ4n) is 2.77. The number of anilines is 1. The van der Waals surface area contributed by atoms with Crippen LogP contribution in [0.1, 0.15) is 25.7 Å². The zero-order valence-corrected chi connectivity index (χ0v) is 10.4. The third-order valence-corrected chi connectivity index (χ3v) is 3.64. The number of hydrogen-bond acceptors (Lipinski definition) is 2. The van der Waals surface area contributed by atoms with Gasteiger partial charge in [0.1, 0.15) is 0 Å². The average Bonchev–Trinajstić information content (AvgIpc) is 3.01. The second-order valence-electron chi connectivity index (χ2n) is 4.90. The summed E-state index contributed by atoms with van der Waals surface area (Å²) < 4.78 is 0. The molecular formula is C14H18N3O+. The predicted octanol–water partition coefficient (Wildman–Crippen LogP) is 0.320. The summed E-state index contributed by atoms with van der Waals surface area (Å²) in [6.45, 7) is 0.408. The van der Waals surface area contributed by atoms with Crippen LogP contribution in [0.5, 0.6) is 0 Å². The van der Waals surface area contributed by atoms with Gasteiger partial charge in [0.05, 0.1) is 11.7 Å². The molecule has 0 unspecified atom stereocenters. The summed E-state index contributed by atoms with van der Waals surface area (Å²) in [5.74, 6) is 1.03. The molecule has 2 N–H and O–H groups in total. The Bertz CT molecular complexity index is 463. The van der Waals surface area contributed by atoms with E-state index in [9.17, 15) is 4.79 Å². The van der Waals surface area contributed by atoms with E-state index >= 15 is 0 Å². The molecule has 2 aliphatic rings. The Hall–Kier alpha value is -1.84. The van der Waals surface area contributed by atoms with Gasteiger partial charge >= 0.3 is 11.9 Å². The van der Waals surface area contributed by atoms with Crippen LogP contribution < -0.4 is 10.3 Å². The van der Waals surface area contributed by atoms with Crippen LogP contribution in [0, 0.1) is 0 Å². The van der Waals surface area contributed by atoms with Crippen LogP contribution in [0.25, 0.3) is 0 Å². The van der Waals surface area contributed by atoms with E-state index in [0.717, 1.165) is 24.5 Å². The van der Waals surface area contributed by atoms with Crippen LogP contribution in [0.4, 0.5) is 5.69 Å². The maximum absolute atomic E-state index is 12.0. The lowest BCUT2D eigenvalue weighted by Gasteiger charge is -2.18. The van der Waals surface area contributed by atoms with Gasteiger partial charge in [0, 0.05) is 0 Å². The SMILES string of the molecule is O=C1C[NH+]=C(Nc2ccccc2)N1C1CCCC1. The van der Waals surface area contributed by atoms with Crippen LogP contribution in [0.2, 0.25) is 0 Å². The third-order valence-electron chi connectivity index (χ3n) is 3.64. The molecule has 1 aromatic rings. The Labute approximate surface area is 107 Å². The second kappa shape index (κ2) is 4.80. The first-order valence-electron chi connectivity index (χ1n) is 6.59. The number of amides is 1. The van der Waals surface area contributed by atoms with Crippen molar-refractivity contribution >= 4 is 17.6 Å². The molecular weight excluding hydrogens is 226 g/mol. The lowest BCUT2D eigenvalue weighted by Crippen LogP contribution is -2.73. The summed E-state index contributed by atoms with van der Waals surface area (Å²) in [7, 11) is 0. The highest BCUT2D eigenvalue weighted by atomic mass is 16.2. The minimum absolute atomic E-state index is 0.181. The van der Waals surface area contributed by atoms with E-state index in [4.69, 9.17) is 0 Å². The van der Waals surface area contributed by atoms with E-state index in [1.165, 1.54) is 12.8 Å². The molecule has 0 saturated heterocycles. The van der Waals surface area contributed by atoms with Gasteiger partial charge in [0.15, 0.2) is 6.54 Å². The molecule has 0 spiro atoms. The van der Waals surface area contributed by atoms with Crippen molar-refractivity contribution in [2.45, 2.75) is 31.7 Å². The fraction of sp³-hybridized carbons (Fsp3) is 0.429. The first kappa shape index (κ1) is 11.3. The average molecular weight is 244 g/mol. The molecule has 94 valence electrons. The zero-order valence-electron chi connectivity index (χ0n) is 10.4. The highest BCUT2D eigenvalue weighted by Crippen LogP contribution is 2.24. The highest BCUT2D eigenvalue weighted by Gasteiger charge is 2.40. The van der Waals surface area contributed by atoms with E-state index in [1.54, 1.807) is 0 Å². The largest absolute Gasteiger partial charge is 0.358 e. The first-order valence-corrected chi connectivity index (χ1v) is 6.59. The molecule has 0 aromatic heterocycles. The van der Waals surface area contributed by atoms with Gasteiger partial charge in [-0.25, -0.2) is 5.32 Å². The number of guanidine groups is 1. The third kappa shape index (κ3) is 2.10. The first-order chi connectivity index (χ1) is 8.84. The number of nitrogens with zero attached hydrogens (tertiary/aromatic N) is 1. The van der Waals surface area contributed by atoms with Crippen molar-refractivity contribution in [3.63, 3.8) is 0 Å². The number of hydrogen-bond donors (Lipinski definition) is 2. The Balaban J connectivity index is 1.76. The van der Waals surface area contributed by atoms with Crippen LogP contribution in [0.3, 0.4) is 0 Å². The van der Waals surface area contributed by atoms with Crippen molar-refractivity contribution in [2.24, 2.45) is 0 Å². The van der Waals surface area contributed by atoms with Gasteiger partial charge in [0.25, 0.3) is 0 Å². The van der Waals surface area contributed by atoms with Crippen LogP contribution in [0.15, 0.2) is 30.3 Å². The number of carbonyl (C=O) groups excluding carboxylic acids is 1. The molecule has 1 amide bonds. The van der Waals surface area contributed by atoms with Gasteiger partial charge in [-0.15, -0.1) is 0 Å². The van der Waals surface area contributed by atoms with Crippen molar-refractivity contribution in [3.05, 3.63) is 30.3 Å². The molecule has 0 radical (unpaired) electrons. The summed E-state index contributed by atoms with van der Waals surface area (Å²) in [5, 5.41) is 3.31. The van der Waals surface area contributed by atoms with E-state index in [0.29, 0.717) is 12.6 Å². The number of nitrogens with one attached hydrogen (secondary N) is 2. The maximum Gasteiger partial charge on any atom is 0.358 e. The van der Waals surface area contributed by atoms with Crippen LogP contribution in [-0.4, -0.2) is 29.4 Å². The smallest absolute Gasteiger partial charge is 0.266 e. The summed E-state index contributed by atoms with van der Waals surface area (Å²) >= 11 is 0. The lowest BCUT2D eigenvalue weighted by atomic mass is 10.2. The van der Waals surface area contributed by atoms with E-state index < -0.39 is 0 Å². The molecule has 0 bridgehead atoms. The summed E-state index contributed by atoms with van der Waals surface area (Å²) in [5.41, 5.74) is 1.01. The molecule has 1 heterocycles. The molecule has 0 atom stereocenters. The van der Waals surface area contributed by atoms with Crippen molar-refractivity contribution in [1.82, 2.24) is 4.90 Å². The standard InChI is InChI=1S/C14H17N3O/c18-13-10-15-14(16-11-6-2-1-3-7-11)17(13)12-8-4-5-9-12/h1-3,6-7,12H,4-5,8-10H2,(H,15,16)/p+1. The van der Waals surface area contributed by atoms with Gasteiger partial charge in [-0.3, -0.25) is 9.79 Å². The van der Waals surface area contributed by atoms with Gasteiger partial charge in [0.2, 0.25) is 0 Å². The monoisotopic (exact) mass is 244 g/mol. The van der Waals surface area contributed by atoms with Crippen LogP contribution >= 0.6 is 0 Å². The number of benzene rings is 1. The van der Waals surface area contributed by atoms with Gasteiger partial charge in [-0.1, -0.05) is 18.2 Å². The van der Waals surface area contributed by atoms with Gasteiger partial charge in [-0.05, 0) is 37.8 Å². The van der Waals surface area contributed by atoms with Crippen molar-refractivity contribution in [2.75, 3.05) is 11.9 Å². The van der Waals surface area contributed by atoms with Gasteiger partial charge in [-0.2, -0.15) is 4.90 Å². The Morgan fingerprint density at radius 2 is 1.89 bits per heavy atom. The Morgan fingerprint density at radius 1 is 1.17 bits per heavy atom. The second-order valence-corrected chi connectivity index (χ2v) is 4.90. The number of para-hydroxylation sites is 1. The lowest BCUT2D eigenvalue weighted by molar-refractivity contribution is -0.438. The van der Waals surface area contributed by atoms with E-state index in [1.807, 2.05) is 35.2 Å². The minimum Gasteiger partial charge on any atom is -0.266 e. The van der Waals surface area contributed by atoms with E-state index in [-0.39, 0.29) is 5.91 Å². The molecule has 18 heavy (non-hydrogen) atoms. The van der Waals surface area contributed by atoms with Gasteiger partial charge < -0.3 is 0 Å². The molecule has 4 heteroatoms. The molecule has 1 aliphatic carbocycles. The normalized spacial score (nSPS) is 20.3. The molecule has 1 aromatic carbocycles. The van der Waals surface area contributed by atoms with Crippen molar-refractivity contribution in [1.29, 1.82) is 0 Å².